The molecule has 0 aliphatic carbocycles. The van der Waals surface area contributed by atoms with Crippen molar-refractivity contribution in [2.45, 2.75) is 40.6 Å². The smallest absolute Gasteiger partial charge is 0.274 e. The largest absolute Gasteiger partial charge is 0.471 e. The highest BCUT2D eigenvalue weighted by Gasteiger charge is 2.17. The number of aromatic nitrogens is 4. The lowest BCUT2D eigenvalue weighted by Gasteiger charge is -2.15. The van der Waals surface area contributed by atoms with Gasteiger partial charge in [-0.05, 0) is 50.6 Å². The number of rotatable bonds is 7. The van der Waals surface area contributed by atoms with Crippen molar-refractivity contribution >= 4 is 17.5 Å². The molecule has 0 N–H and O–H groups in total. The van der Waals surface area contributed by atoms with Gasteiger partial charge in [-0.15, -0.1) is 0 Å². The summed E-state index contributed by atoms with van der Waals surface area (Å²) in [5.41, 5.74) is 3.27. The molecule has 0 aliphatic heterocycles. The number of carbonyl (C=O) groups is 1. The van der Waals surface area contributed by atoms with Gasteiger partial charge in [-0.1, -0.05) is 11.6 Å². The molecule has 2 aromatic heterocycles. The third-order valence-corrected chi connectivity index (χ3v) is 4.90. The van der Waals surface area contributed by atoms with Gasteiger partial charge in [0.2, 0.25) is 0 Å². The van der Waals surface area contributed by atoms with Gasteiger partial charge >= 0.3 is 0 Å². The lowest BCUT2D eigenvalue weighted by molar-refractivity contribution is 0.0777. The van der Waals surface area contributed by atoms with Gasteiger partial charge in [0.25, 0.3) is 5.91 Å². The fourth-order valence-corrected chi connectivity index (χ4v) is 2.91. The summed E-state index contributed by atoms with van der Waals surface area (Å²) in [6.07, 6.45) is 3.70. The van der Waals surface area contributed by atoms with Crippen LogP contribution in [0.2, 0.25) is 5.02 Å². The summed E-state index contributed by atoms with van der Waals surface area (Å²) < 4.78 is 9.17. The number of nitrogens with zero attached hydrogens (tertiary/aromatic N) is 5. The maximum absolute atomic E-state index is 12.7. The van der Waals surface area contributed by atoms with Gasteiger partial charge < -0.3 is 9.64 Å². The van der Waals surface area contributed by atoms with Crippen LogP contribution in [0.15, 0.2) is 36.7 Å². The van der Waals surface area contributed by atoms with E-state index in [1.54, 1.807) is 41.0 Å². The van der Waals surface area contributed by atoms with Crippen molar-refractivity contribution in [1.29, 1.82) is 0 Å². The Balaban J connectivity index is 1.61. The fourth-order valence-electron chi connectivity index (χ4n) is 2.79. The molecule has 0 saturated carbocycles. The molecule has 0 saturated heterocycles. The Morgan fingerprint density at radius 3 is 2.68 bits per heavy atom. The molecule has 2 heterocycles. The number of halogens is 1. The Hall–Kier alpha value is -2.80. The monoisotopic (exact) mass is 401 g/mol. The third-order valence-electron chi connectivity index (χ3n) is 4.48. The molecule has 0 fully saturated rings. The second kappa shape index (κ2) is 8.48. The molecule has 0 radical (unpaired) electrons. The first-order valence-electron chi connectivity index (χ1n) is 9.08. The summed E-state index contributed by atoms with van der Waals surface area (Å²) in [6.45, 7) is 7.39. The Labute approximate surface area is 169 Å². The van der Waals surface area contributed by atoms with Crippen LogP contribution in [-0.2, 0) is 19.8 Å². The second-order valence-corrected chi connectivity index (χ2v) is 7.09. The topological polar surface area (TPSA) is 65.2 Å². The predicted molar refractivity (Wildman–Crippen MR) is 107 cm³/mol. The first kappa shape index (κ1) is 19.9. The number of carbonyl (C=O) groups excluding carboxylic acids is 1. The number of hydrogen-bond donors (Lipinski definition) is 0. The average molecular weight is 402 g/mol. The van der Waals surface area contributed by atoms with E-state index in [0.717, 1.165) is 23.4 Å². The summed E-state index contributed by atoms with van der Waals surface area (Å²) in [6, 6.07) is 7.15. The van der Waals surface area contributed by atoms with Crippen molar-refractivity contribution in [2.75, 3.05) is 7.05 Å². The molecular formula is C20H24ClN5O2. The highest BCUT2D eigenvalue weighted by atomic mass is 35.5. The van der Waals surface area contributed by atoms with E-state index in [-0.39, 0.29) is 12.6 Å². The van der Waals surface area contributed by atoms with Gasteiger partial charge in [0, 0.05) is 43.1 Å². The zero-order valence-electron chi connectivity index (χ0n) is 16.5. The predicted octanol–water partition coefficient (Wildman–Crippen LogP) is 3.68. The van der Waals surface area contributed by atoms with Crippen molar-refractivity contribution in [2.24, 2.45) is 0 Å². The first-order chi connectivity index (χ1) is 13.4. The standard InChI is InChI=1S/C20H24ClN5O2/c1-5-25-12-16(15(3)22-25)11-24(4)20(27)19-8-9-26(23-19)13-28-17-6-7-18(21)14(2)10-17/h6-10,12H,5,11,13H2,1-4H3. The Kier molecular flexibility index (Phi) is 6.04. The molecule has 28 heavy (non-hydrogen) atoms. The number of benzene rings is 1. The second-order valence-electron chi connectivity index (χ2n) is 6.68. The quantitative estimate of drug-likeness (QED) is 0.605. The van der Waals surface area contributed by atoms with Crippen molar-refractivity contribution in [3.05, 3.63) is 64.2 Å². The molecule has 1 aromatic carbocycles. The molecule has 3 rings (SSSR count). The Morgan fingerprint density at radius 1 is 1.21 bits per heavy atom. The summed E-state index contributed by atoms with van der Waals surface area (Å²) in [7, 11) is 1.76. The zero-order valence-corrected chi connectivity index (χ0v) is 17.3. The zero-order chi connectivity index (χ0) is 20.3. The average Bonchev–Trinajstić information content (AvgIpc) is 3.29. The molecule has 7 nitrogen and oxygen atoms in total. The molecule has 0 aliphatic rings. The number of amides is 1. The minimum absolute atomic E-state index is 0.148. The molecule has 1 amide bonds. The lowest BCUT2D eigenvalue weighted by Crippen LogP contribution is -2.27. The van der Waals surface area contributed by atoms with E-state index in [0.29, 0.717) is 23.0 Å². The highest BCUT2D eigenvalue weighted by molar-refractivity contribution is 6.31. The van der Waals surface area contributed by atoms with E-state index in [1.807, 2.05) is 37.7 Å². The van der Waals surface area contributed by atoms with E-state index in [4.69, 9.17) is 16.3 Å². The normalized spacial score (nSPS) is 10.9. The fraction of sp³-hybridized carbons (Fsp3) is 0.350. The van der Waals surface area contributed by atoms with Crippen LogP contribution in [0, 0.1) is 13.8 Å². The van der Waals surface area contributed by atoms with Crippen molar-refractivity contribution in [3.8, 4) is 5.75 Å². The Morgan fingerprint density at radius 2 is 2.00 bits per heavy atom. The van der Waals surface area contributed by atoms with Crippen LogP contribution >= 0.6 is 11.6 Å². The van der Waals surface area contributed by atoms with Crippen molar-refractivity contribution in [1.82, 2.24) is 24.5 Å². The molecule has 0 spiro atoms. The maximum atomic E-state index is 12.7. The molecule has 0 bridgehead atoms. The van der Waals surface area contributed by atoms with Crippen LogP contribution < -0.4 is 4.74 Å². The summed E-state index contributed by atoms with van der Waals surface area (Å²) >= 11 is 6.02. The first-order valence-corrected chi connectivity index (χ1v) is 9.46. The van der Waals surface area contributed by atoms with Crippen molar-refractivity contribution in [3.63, 3.8) is 0 Å². The summed E-state index contributed by atoms with van der Waals surface area (Å²) in [5.74, 6) is 0.551. The summed E-state index contributed by atoms with van der Waals surface area (Å²) in [5, 5.41) is 9.44. The van der Waals surface area contributed by atoms with Gasteiger partial charge in [-0.3, -0.25) is 9.48 Å². The SMILES string of the molecule is CCn1cc(CN(C)C(=O)c2ccn(COc3ccc(Cl)c(C)c3)n2)c(C)n1. The molecular weight excluding hydrogens is 378 g/mol. The van der Waals surface area contributed by atoms with Crippen LogP contribution in [0.4, 0.5) is 0 Å². The van der Waals surface area contributed by atoms with Crippen LogP contribution in [0.5, 0.6) is 5.75 Å². The number of ether oxygens (including phenoxy) is 1. The van der Waals surface area contributed by atoms with E-state index in [2.05, 4.69) is 10.2 Å². The molecule has 148 valence electrons. The molecule has 3 aromatic rings. The van der Waals surface area contributed by atoms with Gasteiger partial charge in [0.05, 0.1) is 5.69 Å². The van der Waals surface area contributed by atoms with Crippen LogP contribution in [0.1, 0.15) is 34.2 Å². The van der Waals surface area contributed by atoms with Crippen LogP contribution in [0.25, 0.3) is 0 Å². The van der Waals surface area contributed by atoms with Crippen molar-refractivity contribution < 1.29 is 9.53 Å². The van der Waals surface area contributed by atoms with Gasteiger partial charge in [-0.25, -0.2) is 4.68 Å². The van der Waals surface area contributed by atoms with Gasteiger partial charge in [0.15, 0.2) is 12.4 Å². The van der Waals surface area contributed by atoms with E-state index in [9.17, 15) is 4.79 Å². The third kappa shape index (κ3) is 4.54. The lowest BCUT2D eigenvalue weighted by atomic mass is 10.2. The van der Waals surface area contributed by atoms with E-state index < -0.39 is 0 Å². The molecule has 0 unspecified atom stereocenters. The van der Waals surface area contributed by atoms with Gasteiger partial charge in [0.1, 0.15) is 5.75 Å². The van der Waals surface area contributed by atoms with Crippen LogP contribution in [0.3, 0.4) is 0 Å². The molecule has 0 atom stereocenters. The highest BCUT2D eigenvalue weighted by Crippen LogP contribution is 2.21. The van der Waals surface area contributed by atoms with E-state index in [1.165, 1.54) is 0 Å². The number of aryl methyl sites for hydroxylation is 3. The number of hydrogen-bond acceptors (Lipinski definition) is 4. The van der Waals surface area contributed by atoms with E-state index >= 15 is 0 Å². The maximum Gasteiger partial charge on any atom is 0.274 e. The minimum Gasteiger partial charge on any atom is -0.471 e. The van der Waals surface area contributed by atoms with Crippen LogP contribution in [-0.4, -0.2) is 37.4 Å². The summed E-state index contributed by atoms with van der Waals surface area (Å²) in [4.78, 5) is 14.3. The molecule has 8 heteroatoms. The minimum atomic E-state index is -0.148. The van der Waals surface area contributed by atoms with Gasteiger partial charge in [-0.2, -0.15) is 10.2 Å². The Bertz CT molecular complexity index is 979.